The van der Waals surface area contributed by atoms with Gasteiger partial charge in [0.2, 0.25) is 0 Å². The van der Waals surface area contributed by atoms with Gasteiger partial charge in [-0.25, -0.2) is 4.79 Å². The normalized spacial score (nSPS) is 9.30. The minimum atomic E-state index is -0.418. The fraction of sp³-hybridized carbons (Fsp3) is 0.125. The molecule has 0 N–H and O–H groups in total. The monoisotopic (exact) mass is 138 g/mol. The Morgan fingerprint density at radius 3 is 2.60 bits per heavy atom. The molecule has 10 heavy (non-hydrogen) atoms. The van der Waals surface area contributed by atoms with E-state index in [0.29, 0.717) is 5.57 Å². The van der Waals surface area contributed by atoms with Crippen LogP contribution in [0.25, 0.3) is 0 Å². The van der Waals surface area contributed by atoms with Gasteiger partial charge in [0, 0.05) is 0 Å². The number of allylic oxidation sites excluding steroid dienone is 2. The van der Waals surface area contributed by atoms with Gasteiger partial charge in [-0.1, -0.05) is 25.3 Å². The highest BCUT2D eigenvalue weighted by atomic mass is 16.5. The van der Waals surface area contributed by atoms with Gasteiger partial charge in [-0.3, -0.25) is 0 Å². The minimum Gasteiger partial charge on any atom is -0.465 e. The molecule has 0 aliphatic heterocycles. The van der Waals surface area contributed by atoms with Crippen LogP contribution < -0.4 is 0 Å². The van der Waals surface area contributed by atoms with Crippen LogP contribution in [0.3, 0.4) is 0 Å². The molecule has 0 heterocycles. The summed E-state index contributed by atoms with van der Waals surface area (Å²) in [4.78, 5) is 10.6. The second-order valence-electron chi connectivity index (χ2n) is 1.61. The predicted molar refractivity (Wildman–Crippen MR) is 40.5 cm³/mol. The second-order valence-corrected chi connectivity index (χ2v) is 1.61. The van der Waals surface area contributed by atoms with Crippen LogP contribution in [0, 0.1) is 0 Å². The molecule has 0 aliphatic carbocycles. The molecule has 2 heteroatoms. The highest BCUT2D eigenvalue weighted by molar-refractivity contribution is 5.90. The first-order chi connectivity index (χ1) is 4.72. The molecule has 0 aromatic heterocycles. The standard InChI is InChI=1S/C8H10O2/c1-4-5-6-7(2)8(9)10-3/h4-6H,1-2H2,3H3/b6-5-. The van der Waals surface area contributed by atoms with Gasteiger partial charge in [0.25, 0.3) is 0 Å². The van der Waals surface area contributed by atoms with E-state index in [4.69, 9.17) is 0 Å². The number of rotatable bonds is 3. The number of ether oxygens (including phenoxy) is 1. The average molecular weight is 138 g/mol. The smallest absolute Gasteiger partial charge is 0.337 e. The summed E-state index contributed by atoms with van der Waals surface area (Å²) in [6.07, 6.45) is 4.73. The Morgan fingerprint density at radius 1 is 1.60 bits per heavy atom. The largest absolute Gasteiger partial charge is 0.465 e. The molecule has 0 aliphatic rings. The third-order valence-corrected chi connectivity index (χ3v) is 0.881. The molecule has 0 rings (SSSR count). The van der Waals surface area contributed by atoms with Gasteiger partial charge in [0.05, 0.1) is 12.7 Å². The van der Waals surface area contributed by atoms with Crippen LogP contribution in [0.5, 0.6) is 0 Å². The van der Waals surface area contributed by atoms with Gasteiger partial charge in [0.1, 0.15) is 0 Å². The quantitative estimate of drug-likeness (QED) is 0.335. The topological polar surface area (TPSA) is 26.3 Å². The molecule has 0 saturated carbocycles. The zero-order chi connectivity index (χ0) is 7.98. The summed E-state index contributed by atoms with van der Waals surface area (Å²) in [5, 5.41) is 0. The lowest BCUT2D eigenvalue weighted by molar-refractivity contribution is -0.135. The predicted octanol–water partition coefficient (Wildman–Crippen LogP) is 1.46. The molecule has 0 spiro atoms. The summed E-state index contributed by atoms with van der Waals surface area (Å²) < 4.78 is 4.39. The third-order valence-electron chi connectivity index (χ3n) is 0.881. The van der Waals surface area contributed by atoms with Crippen molar-refractivity contribution in [2.45, 2.75) is 0 Å². The fourth-order valence-electron chi connectivity index (χ4n) is 0.383. The molecule has 2 nitrogen and oxygen atoms in total. The van der Waals surface area contributed by atoms with E-state index in [-0.39, 0.29) is 0 Å². The Kier molecular flexibility index (Phi) is 3.96. The van der Waals surface area contributed by atoms with E-state index >= 15 is 0 Å². The Bertz CT molecular complexity index is 178. The average Bonchev–Trinajstić information content (AvgIpc) is 1.98. The maximum Gasteiger partial charge on any atom is 0.337 e. The first kappa shape index (κ1) is 8.69. The molecule has 0 radical (unpaired) electrons. The van der Waals surface area contributed by atoms with E-state index in [1.807, 2.05) is 0 Å². The van der Waals surface area contributed by atoms with Crippen molar-refractivity contribution in [3.8, 4) is 0 Å². The number of hydrogen-bond donors (Lipinski definition) is 0. The molecule has 0 saturated heterocycles. The molecule has 0 aromatic rings. The zero-order valence-corrected chi connectivity index (χ0v) is 5.96. The van der Waals surface area contributed by atoms with Crippen LogP contribution in [0.1, 0.15) is 0 Å². The van der Waals surface area contributed by atoms with Gasteiger partial charge >= 0.3 is 5.97 Å². The Morgan fingerprint density at radius 2 is 2.20 bits per heavy atom. The van der Waals surface area contributed by atoms with Crippen LogP contribution in [0.4, 0.5) is 0 Å². The molecule has 0 unspecified atom stereocenters. The second kappa shape index (κ2) is 4.56. The summed E-state index contributed by atoms with van der Waals surface area (Å²) in [5.74, 6) is -0.418. The minimum absolute atomic E-state index is 0.322. The van der Waals surface area contributed by atoms with E-state index in [1.54, 1.807) is 18.2 Å². The molecule has 0 aromatic carbocycles. The van der Waals surface area contributed by atoms with Crippen LogP contribution in [-0.4, -0.2) is 13.1 Å². The van der Waals surface area contributed by atoms with Crippen LogP contribution in [0.15, 0.2) is 37.0 Å². The molecule has 0 bridgehead atoms. The van der Waals surface area contributed by atoms with Crippen molar-refractivity contribution in [1.82, 2.24) is 0 Å². The SMILES string of the molecule is C=C/C=C\C(=C)C(=O)OC. The Hall–Kier alpha value is -1.31. The summed E-state index contributed by atoms with van der Waals surface area (Å²) in [6, 6.07) is 0. The summed E-state index contributed by atoms with van der Waals surface area (Å²) in [5.41, 5.74) is 0.322. The van der Waals surface area contributed by atoms with Gasteiger partial charge in [-0.05, 0) is 6.08 Å². The molecular weight excluding hydrogens is 128 g/mol. The lowest BCUT2D eigenvalue weighted by Gasteiger charge is -1.94. The van der Waals surface area contributed by atoms with Crippen molar-refractivity contribution in [2.24, 2.45) is 0 Å². The fourth-order valence-corrected chi connectivity index (χ4v) is 0.383. The lowest BCUT2D eigenvalue weighted by Crippen LogP contribution is -2.00. The highest BCUT2D eigenvalue weighted by Gasteiger charge is 1.99. The van der Waals surface area contributed by atoms with Gasteiger partial charge in [-0.15, -0.1) is 0 Å². The van der Waals surface area contributed by atoms with Gasteiger partial charge in [0.15, 0.2) is 0 Å². The van der Waals surface area contributed by atoms with Gasteiger partial charge < -0.3 is 4.74 Å². The molecular formula is C8H10O2. The van der Waals surface area contributed by atoms with Crippen molar-refractivity contribution < 1.29 is 9.53 Å². The molecule has 0 atom stereocenters. The van der Waals surface area contributed by atoms with Crippen LogP contribution >= 0.6 is 0 Å². The van der Waals surface area contributed by atoms with Crippen molar-refractivity contribution in [3.63, 3.8) is 0 Å². The van der Waals surface area contributed by atoms with E-state index in [9.17, 15) is 4.79 Å². The van der Waals surface area contributed by atoms with E-state index in [1.165, 1.54) is 7.11 Å². The maximum atomic E-state index is 10.6. The van der Waals surface area contributed by atoms with Crippen LogP contribution in [-0.2, 0) is 9.53 Å². The molecule has 54 valence electrons. The molecule has 0 fully saturated rings. The molecule has 0 amide bonds. The van der Waals surface area contributed by atoms with E-state index < -0.39 is 5.97 Å². The summed E-state index contributed by atoms with van der Waals surface area (Å²) in [6.45, 7) is 6.89. The summed E-state index contributed by atoms with van der Waals surface area (Å²) >= 11 is 0. The zero-order valence-electron chi connectivity index (χ0n) is 5.96. The van der Waals surface area contributed by atoms with E-state index in [2.05, 4.69) is 17.9 Å². The first-order valence-corrected chi connectivity index (χ1v) is 2.78. The van der Waals surface area contributed by atoms with Crippen molar-refractivity contribution in [3.05, 3.63) is 37.0 Å². The number of hydrogen-bond acceptors (Lipinski definition) is 2. The maximum absolute atomic E-state index is 10.6. The number of esters is 1. The first-order valence-electron chi connectivity index (χ1n) is 2.78. The van der Waals surface area contributed by atoms with Crippen LogP contribution in [0.2, 0.25) is 0 Å². The lowest BCUT2D eigenvalue weighted by atomic mass is 10.3. The highest BCUT2D eigenvalue weighted by Crippen LogP contribution is 1.94. The number of carbonyl (C=O) groups excluding carboxylic acids is 1. The number of methoxy groups -OCH3 is 1. The van der Waals surface area contributed by atoms with Crippen molar-refractivity contribution in [2.75, 3.05) is 7.11 Å². The third kappa shape index (κ3) is 2.87. The summed E-state index contributed by atoms with van der Waals surface area (Å²) in [7, 11) is 1.31. The Labute approximate surface area is 60.5 Å². The van der Waals surface area contributed by atoms with Gasteiger partial charge in [-0.2, -0.15) is 0 Å². The van der Waals surface area contributed by atoms with Crippen molar-refractivity contribution in [1.29, 1.82) is 0 Å². The Balaban J connectivity index is 3.97. The van der Waals surface area contributed by atoms with E-state index in [0.717, 1.165) is 0 Å². The van der Waals surface area contributed by atoms with Crippen molar-refractivity contribution >= 4 is 5.97 Å². The number of carbonyl (C=O) groups is 1.